The lowest BCUT2D eigenvalue weighted by Crippen LogP contribution is -2.26. The zero-order valence-electron chi connectivity index (χ0n) is 11.2. The van der Waals surface area contributed by atoms with Gasteiger partial charge in [0.15, 0.2) is 0 Å². The van der Waals surface area contributed by atoms with E-state index in [0.29, 0.717) is 6.42 Å². The van der Waals surface area contributed by atoms with Gasteiger partial charge >= 0.3 is 0 Å². The highest BCUT2D eigenvalue weighted by Crippen LogP contribution is 2.11. The maximum atomic E-state index is 11.9. The molecule has 0 spiro atoms. The summed E-state index contributed by atoms with van der Waals surface area (Å²) in [7, 11) is 0. The van der Waals surface area contributed by atoms with E-state index in [0.717, 1.165) is 12.0 Å². The van der Waals surface area contributed by atoms with Crippen LogP contribution in [0.5, 0.6) is 0 Å². The van der Waals surface area contributed by atoms with Crippen LogP contribution in [0.4, 0.5) is 0 Å². The number of hydrogen-bond acceptors (Lipinski definition) is 1. The van der Waals surface area contributed by atoms with Gasteiger partial charge < -0.3 is 5.32 Å². The third-order valence-electron chi connectivity index (χ3n) is 3.16. The first-order valence-electron chi connectivity index (χ1n) is 6.64. The summed E-state index contributed by atoms with van der Waals surface area (Å²) in [5.41, 5.74) is 2.33. The number of rotatable bonds is 5. The molecule has 2 rings (SSSR count). The summed E-state index contributed by atoms with van der Waals surface area (Å²) in [5, 5.41) is 3.03. The molecule has 0 saturated carbocycles. The van der Waals surface area contributed by atoms with Crippen molar-refractivity contribution in [3.63, 3.8) is 0 Å². The van der Waals surface area contributed by atoms with Crippen LogP contribution in [0.25, 0.3) is 0 Å². The van der Waals surface area contributed by atoms with Crippen LogP contribution in [0, 0.1) is 0 Å². The maximum Gasteiger partial charge on any atom is 0.220 e. The van der Waals surface area contributed by atoms with Crippen molar-refractivity contribution in [3.8, 4) is 0 Å². The Morgan fingerprint density at radius 2 is 1.58 bits per heavy atom. The number of carbonyl (C=O) groups excluding carboxylic acids is 1. The number of hydrogen-bond donors (Lipinski definition) is 1. The van der Waals surface area contributed by atoms with Crippen molar-refractivity contribution in [1.29, 1.82) is 0 Å². The van der Waals surface area contributed by atoms with E-state index in [4.69, 9.17) is 0 Å². The van der Waals surface area contributed by atoms with Gasteiger partial charge in [-0.25, -0.2) is 0 Å². The van der Waals surface area contributed by atoms with Gasteiger partial charge in [-0.1, -0.05) is 60.7 Å². The number of amides is 1. The summed E-state index contributed by atoms with van der Waals surface area (Å²) in [4.78, 5) is 11.9. The molecule has 1 amide bonds. The summed E-state index contributed by atoms with van der Waals surface area (Å²) in [6, 6.07) is 20.2. The molecular weight excluding hydrogens is 234 g/mol. The molecule has 2 aromatic rings. The summed E-state index contributed by atoms with van der Waals surface area (Å²) in [6.07, 6.45) is 1.31. The molecule has 98 valence electrons. The Balaban J connectivity index is 1.82. The molecule has 0 aliphatic heterocycles. The van der Waals surface area contributed by atoms with Crippen LogP contribution in [0.3, 0.4) is 0 Å². The average molecular weight is 253 g/mol. The molecule has 0 aromatic heterocycles. The molecule has 0 fully saturated rings. The highest BCUT2D eigenvalue weighted by atomic mass is 16.1. The quantitative estimate of drug-likeness (QED) is 0.868. The Morgan fingerprint density at radius 1 is 1.00 bits per heavy atom. The molecule has 1 N–H and O–H groups in total. The van der Waals surface area contributed by atoms with E-state index >= 15 is 0 Å². The molecule has 2 heteroatoms. The normalized spacial score (nSPS) is 11.8. The SMILES string of the molecule is C[C@@H](NC(=O)CCc1ccccc1)c1ccccc1. The summed E-state index contributed by atoms with van der Waals surface area (Å²) in [6.45, 7) is 2.01. The van der Waals surface area contributed by atoms with Crippen LogP contribution in [-0.4, -0.2) is 5.91 Å². The van der Waals surface area contributed by atoms with E-state index < -0.39 is 0 Å². The zero-order chi connectivity index (χ0) is 13.5. The first-order valence-corrected chi connectivity index (χ1v) is 6.64. The molecule has 0 saturated heterocycles. The fourth-order valence-electron chi connectivity index (χ4n) is 2.04. The highest BCUT2D eigenvalue weighted by molar-refractivity contribution is 5.76. The lowest BCUT2D eigenvalue weighted by atomic mass is 10.1. The van der Waals surface area contributed by atoms with E-state index in [1.807, 2.05) is 67.6 Å². The number of carbonyl (C=O) groups is 1. The van der Waals surface area contributed by atoms with Gasteiger partial charge in [0.2, 0.25) is 5.91 Å². The Morgan fingerprint density at radius 3 is 2.21 bits per heavy atom. The summed E-state index contributed by atoms with van der Waals surface area (Å²) >= 11 is 0. The van der Waals surface area contributed by atoms with E-state index in [-0.39, 0.29) is 11.9 Å². The predicted molar refractivity (Wildman–Crippen MR) is 77.8 cm³/mol. The van der Waals surface area contributed by atoms with Crippen molar-refractivity contribution >= 4 is 5.91 Å². The molecule has 2 aromatic carbocycles. The number of aryl methyl sites for hydroxylation is 1. The lowest BCUT2D eigenvalue weighted by Gasteiger charge is -2.14. The molecule has 0 radical (unpaired) electrons. The summed E-state index contributed by atoms with van der Waals surface area (Å²) in [5.74, 6) is 0.0974. The van der Waals surface area contributed by atoms with Gasteiger partial charge in [-0.3, -0.25) is 4.79 Å². The minimum absolute atomic E-state index is 0.0597. The Hall–Kier alpha value is -2.09. The van der Waals surface area contributed by atoms with Gasteiger partial charge in [0.05, 0.1) is 6.04 Å². The topological polar surface area (TPSA) is 29.1 Å². The molecule has 0 aliphatic carbocycles. The largest absolute Gasteiger partial charge is 0.350 e. The van der Waals surface area contributed by atoms with E-state index in [9.17, 15) is 4.79 Å². The molecule has 2 nitrogen and oxygen atoms in total. The first kappa shape index (κ1) is 13.3. The average Bonchev–Trinajstić information content (AvgIpc) is 2.47. The van der Waals surface area contributed by atoms with Crippen molar-refractivity contribution < 1.29 is 4.79 Å². The van der Waals surface area contributed by atoms with Crippen LogP contribution >= 0.6 is 0 Å². The second-order valence-corrected chi connectivity index (χ2v) is 4.69. The van der Waals surface area contributed by atoms with Gasteiger partial charge in [0.25, 0.3) is 0 Å². The lowest BCUT2D eigenvalue weighted by molar-refractivity contribution is -0.121. The van der Waals surface area contributed by atoms with Crippen LogP contribution in [-0.2, 0) is 11.2 Å². The molecule has 0 heterocycles. The fraction of sp³-hybridized carbons (Fsp3) is 0.235. The van der Waals surface area contributed by atoms with Crippen LogP contribution in [0.2, 0.25) is 0 Å². The van der Waals surface area contributed by atoms with Gasteiger partial charge in [0.1, 0.15) is 0 Å². The van der Waals surface area contributed by atoms with E-state index in [1.54, 1.807) is 0 Å². The van der Waals surface area contributed by atoms with Crippen LogP contribution in [0.15, 0.2) is 60.7 Å². The van der Waals surface area contributed by atoms with Crippen LogP contribution in [0.1, 0.15) is 30.5 Å². The van der Waals surface area contributed by atoms with Gasteiger partial charge in [-0.2, -0.15) is 0 Å². The molecule has 19 heavy (non-hydrogen) atoms. The van der Waals surface area contributed by atoms with Crippen molar-refractivity contribution in [1.82, 2.24) is 5.32 Å². The number of benzene rings is 2. The standard InChI is InChI=1S/C17H19NO/c1-14(16-10-6-3-7-11-16)18-17(19)13-12-15-8-4-2-5-9-15/h2-11,14H,12-13H2,1H3,(H,18,19)/t14-/m1/s1. The number of nitrogens with one attached hydrogen (secondary N) is 1. The van der Waals surface area contributed by atoms with E-state index in [2.05, 4.69) is 5.32 Å². The molecule has 1 atom stereocenters. The van der Waals surface area contributed by atoms with Crippen LogP contribution < -0.4 is 5.32 Å². The molecule has 0 bridgehead atoms. The maximum absolute atomic E-state index is 11.9. The van der Waals surface area contributed by atoms with Gasteiger partial charge in [-0.05, 0) is 24.5 Å². The Kier molecular flexibility index (Phi) is 4.73. The third kappa shape index (κ3) is 4.25. The molecule has 0 unspecified atom stereocenters. The molecule has 0 aliphatic rings. The van der Waals surface area contributed by atoms with Gasteiger partial charge in [0, 0.05) is 6.42 Å². The predicted octanol–water partition coefficient (Wildman–Crippen LogP) is 3.50. The van der Waals surface area contributed by atoms with Crippen molar-refractivity contribution in [2.24, 2.45) is 0 Å². The van der Waals surface area contributed by atoms with Gasteiger partial charge in [-0.15, -0.1) is 0 Å². The fourth-order valence-corrected chi connectivity index (χ4v) is 2.04. The summed E-state index contributed by atoms with van der Waals surface area (Å²) < 4.78 is 0. The van der Waals surface area contributed by atoms with E-state index in [1.165, 1.54) is 5.56 Å². The second-order valence-electron chi connectivity index (χ2n) is 4.69. The Bertz CT molecular complexity index is 507. The smallest absolute Gasteiger partial charge is 0.220 e. The van der Waals surface area contributed by atoms with Crippen molar-refractivity contribution in [3.05, 3.63) is 71.8 Å². The minimum Gasteiger partial charge on any atom is -0.350 e. The Labute approximate surface area is 114 Å². The zero-order valence-corrected chi connectivity index (χ0v) is 11.2. The highest BCUT2D eigenvalue weighted by Gasteiger charge is 2.08. The van der Waals surface area contributed by atoms with Crippen molar-refractivity contribution in [2.75, 3.05) is 0 Å². The monoisotopic (exact) mass is 253 g/mol. The van der Waals surface area contributed by atoms with Crippen molar-refractivity contribution in [2.45, 2.75) is 25.8 Å². The minimum atomic E-state index is 0.0597. The first-order chi connectivity index (χ1) is 9.25. The second kappa shape index (κ2) is 6.74. The molecular formula is C17H19NO. The third-order valence-corrected chi connectivity index (χ3v) is 3.16.